The molecule has 0 fully saturated rings. The van der Waals surface area contributed by atoms with Crippen LogP contribution in [0.1, 0.15) is 26.3 Å². The lowest BCUT2D eigenvalue weighted by molar-refractivity contribution is -0.124. The fourth-order valence-corrected chi connectivity index (χ4v) is 2.37. The molecule has 5 heteroatoms. The topological polar surface area (TPSA) is 72.9 Å². The Morgan fingerprint density at radius 2 is 2.05 bits per heavy atom. The van der Waals surface area contributed by atoms with Gasteiger partial charge in [-0.2, -0.15) is 5.10 Å². The van der Waals surface area contributed by atoms with Gasteiger partial charge in [-0.3, -0.25) is 9.48 Å². The first kappa shape index (κ1) is 15.3. The van der Waals surface area contributed by atoms with Crippen LogP contribution in [0, 0.1) is 0 Å². The second-order valence-corrected chi connectivity index (χ2v) is 5.57. The Balaban J connectivity index is 2.16. The first-order valence-corrected chi connectivity index (χ1v) is 7.04. The van der Waals surface area contributed by atoms with Gasteiger partial charge in [0.1, 0.15) is 0 Å². The van der Waals surface area contributed by atoms with Crippen LogP contribution in [0.2, 0.25) is 0 Å². The minimum absolute atomic E-state index is 0.0624. The van der Waals surface area contributed by atoms with Crippen LogP contribution in [0.3, 0.4) is 0 Å². The number of carbonyl (C=O) groups excluding carboxylic acids is 1. The number of nitrogens with two attached hydrogens (primary N) is 1. The van der Waals surface area contributed by atoms with E-state index < -0.39 is 5.54 Å². The highest BCUT2D eigenvalue weighted by Crippen LogP contribution is 2.23. The molecule has 1 aromatic heterocycles. The molecule has 2 aromatic rings. The molecule has 0 aliphatic heterocycles. The summed E-state index contributed by atoms with van der Waals surface area (Å²) in [6, 6.07) is 10.2. The lowest BCUT2D eigenvalue weighted by Gasteiger charge is -2.28. The highest BCUT2D eigenvalue weighted by Gasteiger charge is 2.31. The van der Waals surface area contributed by atoms with Crippen LogP contribution in [0.4, 0.5) is 0 Å². The number of hydrogen-bond donors (Lipinski definition) is 2. The Morgan fingerprint density at radius 1 is 1.38 bits per heavy atom. The molecule has 2 unspecified atom stereocenters. The summed E-state index contributed by atoms with van der Waals surface area (Å²) in [6.07, 6.45) is 4.42. The van der Waals surface area contributed by atoms with Gasteiger partial charge in [0.25, 0.3) is 0 Å². The first-order valence-electron chi connectivity index (χ1n) is 7.04. The first-order chi connectivity index (χ1) is 9.96. The third-order valence-corrected chi connectivity index (χ3v) is 3.96. The number of likely N-dealkylation sites (N-methyl/N-ethyl adjacent to an activating group) is 1. The molecule has 3 N–H and O–H groups in total. The Labute approximate surface area is 125 Å². The number of rotatable bonds is 6. The van der Waals surface area contributed by atoms with Crippen LogP contribution in [-0.2, 0) is 4.79 Å². The summed E-state index contributed by atoms with van der Waals surface area (Å²) < 4.78 is 1.88. The molecule has 0 bridgehead atoms. The SMILES string of the molecule is CNC(C)(CC(C)n1cc(-c2ccccc2)cn1)C(N)=O. The van der Waals surface area contributed by atoms with Crippen LogP contribution in [0.15, 0.2) is 42.7 Å². The fourth-order valence-electron chi connectivity index (χ4n) is 2.37. The highest BCUT2D eigenvalue weighted by molar-refractivity contribution is 5.84. The van der Waals surface area contributed by atoms with E-state index in [2.05, 4.69) is 10.4 Å². The van der Waals surface area contributed by atoms with Gasteiger partial charge in [0.15, 0.2) is 0 Å². The molecule has 1 amide bonds. The number of carbonyl (C=O) groups is 1. The zero-order valence-corrected chi connectivity index (χ0v) is 12.7. The lowest BCUT2D eigenvalue weighted by Crippen LogP contribution is -2.52. The smallest absolute Gasteiger partial charge is 0.237 e. The van der Waals surface area contributed by atoms with Crippen LogP contribution in [-0.4, -0.2) is 28.3 Å². The van der Waals surface area contributed by atoms with Crippen molar-refractivity contribution in [1.29, 1.82) is 0 Å². The van der Waals surface area contributed by atoms with E-state index in [1.807, 2.05) is 61.3 Å². The molecular formula is C16H22N4O. The molecule has 2 rings (SSSR count). The van der Waals surface area contributed by atoms with E-state index in [-0.39, 0.29) is 11.9 Å². The monoisotopic (exact) mass is 286 g/mol. The van der Waals surface area contributed by atoms with Gasteiger partial charge in [-0.15, -0.1) is 0 Å². The molecule has 21 heavy (non-hydrogen) atoms. The number of amides is 1. The van der Waals surface area contributed by atoms with Crippen molar-refractivity contribution in [3.05, 3.63) is 42.7 Å². The quantitative estimate of drug-likeness (QED) is 0.852. The number of primary amides is 1. The number of hydrogen-bond acceptors (Lipinski definition) is 3. The third-order valence-electron chi connectivity index (χ3n) is 3.96. The predicted molar refractivity (Wildman–Crippen MR) is 83.7 cm³/mol. The second-order valence-electron chi connectivity index (χ2n) is 5.57. The van der Waals surface area contributed by atoms with Crippen molar-refractivity contribution in [1.82, 2.24) is 15.1 Å². The Hall–Kier alpha value is -2.14. The van der Waals surface area contributed by atoms with Crippen molar-refractivity contribution in [2.45, 2.75) is 31.8 Å². The van der Waals surface area contributed by atoms with Crippen LogP contribution >= 0.6 is 0 Å². The largest absolute Gasteiger partial charge is 0.368 e. The minimum atomic E-state index is -0.738. The predicted octanol–water partition coefficient (Wildman–Crippen LogP) is 1.96. The lowest BCUT2D eigenvalue weighted by atomic mass is 9.93. The molecule has 2 atom stereocenters. The van der Waals surface area contributed by atoms with Gasteiger partial charge in [0.05, 0.1) is 17.8 Å². The van der Waals surface area contributed by atoms with E-state index in [0.717, 1.165) is 11.1 Å². The van der Waals surface area contributed by atoms with Gasteiger partial charge in [0.2, 0.25) is 5.91 Å². The standard InChI is InChI=1S/C16H22N4O/c1-12(9-16(2,18-3)15(17)21)20-11-14(10-19-20)13-7-5-4-6-8-13/h4-8,10-12,18H,9H2,1-3H3,(H2,17,21). The molecule has 1 heterocycles. The maximum Gasteiger partial charge on any atom is 0.237 e. The van der Waals surface area contributed by atoms with Crippen LogP contribution in [0.25, 0.3) is 11.1 Å². The third kappa shape index (κ3) is 3.31. The zero-order chi connectivity index (χ0) is 15.5. The number of benzene rings is 1. The Bertz CT molecular complexity index is 608. The van der Waals surface area contributed by atoms with E-state index in [1.54, 1.807) is 7.05 Å². The summed E-state index contributed by atoms with van der Waals surface area (Å²) >= 11 is 0. The molecule has 0 saturated carbocycles. The second kappa shape index (κ2) is 6.10. The summed E-state index contributed by atoms with van der Waals surface area (Å²) in [7, 11) is 1.75. The van der Waals surface area contributed by atoms with Crippen molar-refractivity contribution in [2.75, 3.05) is 7.05 Å². The van der Waals surface area contributed by atoms with Gasteiger partial charge < -0.3 is 11.1 Å². The minimum Gasteiger partial charge on any atom is -0.368 e. The summed E-state index contributed by atoms with van der Waals surface area (Å²) in [4.78, 5) is 11.6. The molecule has 0 spiro atoms. The molecule has 112 valence electrons. The fraction of sp³-hybridized carbons (Fsp3) is 0.375. The molecule has 5 nitrogen and oxygen atoms in total. The van der Waals surface area contributed by atoms with Crippen LogP contribution < -0.4 is 11.1 Å². The van der Waals surface area contributed by atoms with Crippen molar-refractivity contribution in [2.24, 2.45) is 5.73 Å². The molecule has 0 aliphatic carbocycles. The zero-order valence-electron chi connectivity index (χ0n) is 12.7. The van der Waals surface area contributed by atoms with E-state index in [4.69, 9.17) is 5.73 Å². The van der Waals surface area contributed by atoms with Crippen molar-refractivity contribution >= 4 is 5.91 Å². The van der Waals surface area contributed by atoms with E-state index in [9.17, 15) is 4.79 Å². The summed E-state index contributed by atoms with van der Waals surface area (Å²) in [5.41, 5.74) is 6.92. The number of nitrogens with zero attached hydrogens (tertiary/aromatic N) is 2. The average Bonchev–Trinajstić information content (AvgIpc) is 2.97. The molecule has 0 saturated heterocycles. The molecular weight excluding hydrogens is 264 g/mol. The van der Waals surface area contributed by atoms with Gasteiger partial charge in [-0.05, 0) is 32.9 Å². The van der Waals surface area contributed by atoms with Gasteiger partial charge in [-0.1, -0.05) is 30.3 Å². The maximum absolute atomic E-state index is 11.6. The van der Waals surface area contributed by atoms with Crippen molar-refractivity contribution in [3.63, 3.8) is 0 Å². The number of nitrogens with one attached hydrogen (secondary N) is 1. The van der Waals surface area contributed by atoms with E-state index in [1.165, 1.54) is 0 Å². The van der Waals surface area contributed by atoms with E-state index >= 15 is 0 Å². The highest BCUT2D eigenvalue weighted by atomic mass is 16.1. The summed E-state index contributed by atoms with van der Waals surface area (Å²) in [5, 5.41) is 7.41. The summed E-state index contributed by atoms with van der Waals surface area (Å²) in [6.45, 7) is 3.84. The van der Waals surface area contributed by atoms with Crippen molar-refractivity contribution < 1.29 is 4.79 Å². The normalized spacial score (nSPS) is 15.4. The average molecular weight is 286 g/mol. The summed E-state index contributed by atoms with van der Waals surface area (Å²) in [5.74, 6) is -0.354. The Morgan fingerprint density at radius 3 is 2.62 bits per heavy atom. The molecule has 0 radical (unpaired) electrons. The van der Waals surface area contributed by atoms with Crippen LogP contribution in [0.5, 0.6) is 0 Å². The maximum atomic E-state index is 11.6. The van der Waals surface area contributed by atoms with Gasteiger partial charge in [0, 0.05) is 11.8 Å². The Kier molecular flexibility index (Phi) is 4.43. The number of aromatic nitrogens is 2. The van der Waals surface area contributed by atoms with Crippen molar-refractivity contribution in [3.8, 4) is 11.1 Å². The molecule has 0 aliphatic rings. The van der Waals surface area contributed by atoms with Gasteiger partial charge >= 0.3 is 0 Å². The van der Waals surface area contributed by atoms with Gasteiger partial charge in [-0.25, -0.2) is 0 Å². The van der Waals surface area contributed by atoms with E-state index in [0.29, 0.717) is 6.42 Å². The molecule has 1 aromatic carbocycles.